The van der Waals surface area contributed by atoms with Crippen molar-refractivity contribution in [3.63, 3.8) is 0 Å². The Balaban J connectivity index is 1.89. The Morgan fingerprint density at radius 3 is 2.77 bits per heavy atom. The molecule has 142 valence electrons. The van der Waals surface area contributed by atoms with Crippen LogP contribution in [0.15, 0.2) is 22.8 Å². The van der Waals surface area contributed by atoms with Gasteiger partial charge in [-0.05, 0) is 18.6 Å². The van der Waals surface area contributed by atoms with E-state index in [1.54, 1.807) is 12.1 Å². The Morgan fingerprint density at radius 1 is 1.38 bits per heavy atom. The van der Waals surface area contributed by atoms with Crippen LogP contribution in [0.3, 0.4) is 0 Å². The van der Waals surface area contributed by atoms with Gasteiger partial charge in [-0.15, -0.1) is 11.8 Å². The molecule has 0 saturated carbocycles. The summed E-state index contributed by atoms with van der Waals surface area (Å²) in [7, 11) is 0. The zero-order chi connectivity index (χ0) is 19.1. The fourth-order valence-electron chi connectivity index (χ4n) is 2.40. The Morgan fingerprint density at radius 2 is 2.15 bits per heavy atom. The summed E-state index contributed by atoms with van der Waals surface area (Å²) in [5, 5.41) is 4.11. The number of thioether (sulfide) groups is 1. The van der Waals surface area contributed by atoms with Gasteiger partial charge >= 0.3 is 12.0 Å². The Kier molecular flexibility index (Phi) is 7.07. The highest BCUT2D eigenvalue weighted by molar-refractivity contribution is 7.99. The Labute approximate surface area is 154 Å². The van der Waals surface area contributed by atoms with Gasteiger partial charge in [0, 0.05) is 19.2 Å². The van der Waals surface area contributed by atoms with E-state index >= 15 is 0 Å². The number of esters is 1. The van der Waals surface area contributed by atoms with E-state index < -0.39 is 35.9 Å². The summed E-state index contributed by atoms with van der Waals surface area (Å²) in [6.45, 7) is 3.06. The second kappa shape index (κ2) is 9.27. The molecule has 26 heavy (non-hydrogen) atoms. The summed E-state index contributed by atoms with van der Waals surface area (Å²) >= 11 is 1.37. The first-order valence-corrected chi connectivity index (χ1v) is 9.17. The van der Waals surface area contributed by atoms with Gasteiger partial charge in [-0.1, -0.05) is 6.92 Å². The second-order valence-electron chi connectivity index (χ2n) is 5.55. The van der Waals surface area contributed by atoms with Gasteiger partial charge in [0.15, 0.2) is 6.61 Å². The third kappa shape index (κ3) is 5.01. The molecule has 0 aromatic carbocycles. The molecule has 1 aromatic rings. The van der Waals surface area contributed by atoms with E-state index in [1.807, 2.05) is 6.92 Å². The summed E-state index contributed by atoms with van der Waals surface area (Å²) in [6, 6.07) is 1.96. The number of hydrogen-bond donors (Lipinski definition) is 2. The van der Waals surface area contributed by atoms with E-state index in [1.165, 1.54) is 29.8 Å². The van der Waals surface area contributed by atoms with Crippen LogP contribution in [-0.2, 0) is 19.1 Å². The predicted molar refractivity (Wildman–Crippen MR) is 93.0 cm³/mol. The number of imide groups is 1. The first-order chi connectivity index (χ1) is 12.4. The molecule has 0 bridgehead atoms. The maximum absolute atomic E-state index is 12.3. The molecule has 10 heteroatoms. The third-order valence-electron chi connectivity index (χ3n) is 3.56. The van der Waals surface area contributed by atoms with Crippen molar-refractivity contribution in [1.29, 1.82) is 0 Å². The first-order valence-electron chi connectivity index (χ1n) is 8.12. The number of ether oxygens (including phenoxy) is 1. The normalized spacial score (nSPS) is 19.1. The van der Waals surface area contributed by atoms with Crippen molar-refractivity contribution in [2.24, 2.45) is 0 Å². The Hall–Kier alpha value is -2.49. The zero-order valence-electron chi connectivity index (χ0n) is 14.5. The molecule has 2 N–H and O–H groups in total. The average Bonchev–Trinajstić information content (AvgIpc) is 3.26. The molecule has 1 saturated heterocycles. The van der Waals surface area contributed by atoms with Crippen molar-refractivity contribution >= 4 is 35.6 Å². The molecule has 0 aliphatic carbocycles. The van der Waals surface area contributed by atoms with Crippen molar-refractivity contribution in [2.75, 3.05) is 18.9 Å². The standard InChI is InChI=1S/C16H21N3O6S/c1-3-6-17-16(23)18-13(21)8-25-15(22)11-9-26-14(19(11)10(2)20)12-5-4-7-24-12/h4-5,7,11,14H,3,6,8-9H2,1-2H3,(H2,17,18,21,23)/t11-,14+/m0/s1. The van der Waals surface area contributed by atoms with Gasteiger partial charge < -0.3 is 19.4 Å². The van der Waals surface area contributed by atoms with Crippen LogP contribution in [-0.4, -0.2) is 53.7 Å². The summed E-state index contributed by atoms with van der Waals surface area (Å²) < 4.78 is 10.3. The largest absolute Gasteiger partial charge is 0.466 e. The molecular weight excluding hydrogens is 362 g/mol. The molecule has 9 nitrogen and oxygen atoms in total. The highest BCUT2D eigenvalue weighted by atomic mass is 32.2. The fraction of sp³-hybridized carbons (Fsp3) is 0.500. The minimum absolute atomic E-state index is 0.304. The van der Waals surface area contributed by atoms with E-state index in [0.29, 0.717) is 18.1 Å². The van der Waals surface area contributed by atoms with Crippen LogP contribution < -0.4 is 10.6 Å². The number of urea groups is 1. The third-order valence-corrected chi connectivity index (χ3v) is 4.84. The summed E-state index contributed by atoms with van der Waals surface area (Å²) in [5.74, 6) is -0.865. The van der Waals surface area contributed by atoms with Crippen molar-refractivity contribution in [2.45, 2.75) is 31.7 Å². The van der Waals surface area contributed by atoms with Gasteiger partial charge in [0.2, 0.25) is 5.91 Å². The number of rotatable bonds is 6. The summed E-state index contributed by atoms with van der Waals surface area (Å²) in [4.78, 5) is 48.7. The molecule has 0 radical (unpaired) electrons. The molecule has 2 atom stereocenters. The lowest BCUT2D eigenvalue weighted by Gasteiger charge is -2.25. The van der Waals surface area contributed by atoms with E-state index in [-0.39, 0.29) is 5.91 Å². The van der Waals surface area contributed by atoms with Crippen LogP contribution in [0.4, 0.5) is 4.79 Å². The minimum atomic E-state index is -0.825. The van der Waals surface area contributed by atoms with Crippen LogP contribution in [0.25, 0.3) is 0 Å². The van der Waals surface area contributed by atoms with E-state index in [0.717, 1.165) is 6.42 Å². The molecule has 1 aromatic heterocycles. The minimum Gasteiger partial charge on any atom is -0.466 e. The molecule has 1 aliphatic heterocycles. The SMILES string of the molecule is CCCNC(=O)NC(=O)COC(=O)[C@@H]1CS[C@H](c2ccco2)N1C(C)=O. The maximum atomic E-state index is 12.3. The van der Waals surface area contributed by atoms with Crippen molar-refractivity contribution in [3.8, 4) is 0 Å². The van der Waals surface area contributed by atoms with Gasteiger partial charge in [0.25, 0.3) is 5.91 Å². The highest BCUT2D eigenvalue weighted by Gasteiger charge is 2.43. The zero-order valence-corrected chi connectivity index (χ0v) is 15.3. The number of carbonyl (C=O) groups is 4. The second-order valence-corrected chi connectivity index (χ2v) is 6.67. The predicted octanol–water partition coefficient (Wildman–Crippen LogP) is 1.02. The monoisotopic (exact) mass is 383 g/mol. The quantitative estimate of drug-likeness (QED) is 0.704. The fourth-order valence-corrected chi connectivity index (χ4v) is 3.82. The van der Waals surface area contributed by atoms with Crippen molar-refractivity contribution in [3.05, 3.63) is 24.2 Å². The van der Waals surface area contributed by atoms with Gasteiger partial charge in [0.1, 0.15) is 17.2 Å². The highest BCUT2D eigenvalue weighted by Crippen LogP contribution is 2.41. The Bertz CT molecular complexity index is 663. The molecule has 4 amide bonds. The smallest absolute Gasteiger partial charge is 0.330 e. The number of nitrogens with zero attached hydrogens (tertiary/aromatic N) is 1. The average molecular weight is 383 g/mol. The molecule has 2 rings (SSSR count). The molecule has 1 fully saturated rings. The molecule has 0 spiro atoms. The molecule has 1 aliphatic rings. The lowest BCUT2D eigenvalue weighted by atomic mass is 10.2. The summed E-state index contributed by atoms with van der Waals surface area (Å²) in [6.07, 6.45) is 2.22. The topological polar surface area (TPSA) is 118 Å². The number of hydrogen-bond acceptors (Lipinski definition) is 7. The molecule has 0 unspecified atom stereocenters. The van der Waals surface area contributed by atoms with Gasteiger partial charge in [-0.2, -0.15) is 0 Å². The first kappa shape index (κ1) is 19.8. The van der Waals surface area contributed by atoms with E-state index in [9.17, 15) is 19.2 Å². The molecular formula is C16H21N3O6S. The number of amides is 4. The van der Waals surface area contributed by atoms with Gasteiger partial charge in [-0.3, -0.25) is 14.9 Å². The van der Waals surface area contributed by atoms with Crippen LogP contribution in [0.5, 0.6) is 0 Å². The number of nitrogens with one attached hydrogen (secondary N) is 2. The van der Waals surface area contributed by atoms with E-state index in [4.69, 9.17) is 9.15 Å². The van der Waals surface area contributed by atoms with Crippen LogP contribution in [0.1, 0.15) is 31.4 Å². The van der Waals surface area contributed by atoms with Gasteiger partial charge in [0.05, 0.1) is 6.26 Å². The van der Waals surface area contributed by atoms with Crippen LogP contribution in [0, 0.1) is 0 Å². The lowest BCUT2D eigenvalue weighted by Crippen LogP contribution is -2.45. The number of furan rings is 1. The van der Waals surface area contributed by atoms with Crippen LogP contribution in [0.2, 0.25) is 0 Å². The van der Waals surface area contributed by atoms with Crippen molar-refractivity contribution < 1.29 is 28.3 Å². The number of carbonyl (C=O) groups excluding carboxylic acids is 4. The van der Waals surface area contributed by atoms with Gasteiger partial charge in [-0.25, -0.2) is 9.59 Å². The van der Waals surface area contributed by atoms with Crippen molar-refractivity contribution in [1.82, 2.24) is 15.5 Å². The summed E-state index contributed by atoms with van der Waals surface area (Å²) in [5.41, 5.74) is 0. The maximum Gasteiger partial charge on any atom is 0.330 e. The molecule has 2 heterocycles. The van der Waals surface area contributed by atoms with Crippen LogP contribution >= 0.6 is 11.8 Å². The lowest BCUT2D eigenvalue weighted by molar-refractivity contribution is -0.156. The van der Waals surface area contributed by atoms with E-state index in [2.05, 4.69) is 10.6 Å².